The summed E-state index contributed by atoms with van der Waals surface area (Å²) in [6.45, 7) is 4.89. The first-order chi connectivity index (χ1) is 29.5. The molecule has 0 rings (SSSR count). The largest absolute Gasteiger partial charge is 0.466 e. The second-order valence-corrected chi connectivity index (χ2v) is 18.6. The van der Waals surface area contributed by atoms with Gasteiger partial charge in [0.1, 0.15) is 0 Å². The monoisotopic (exact) mass is 848 g/mol. The summed E-state index contributed by atoms with van der Waals surface area (Å²) in [6.07, 6.45) is 57.6. The molecule has 1 amide bonds. The highest BCUT2D eigenvalue weighted by molar-refractivity contribution is 5.76. The van der Waals surface area contributed by atoms with Crippen LogP contribution in [0.5, 0.6) is 0 Å². The lowest BCUT2D eigenvalue weighted by molar-refractivity contribution is -0.143. The van der Waals surface area contributed by atoms with Gasteiger partial charge in [-0.3, -0.25) is 9.59 Å². The number of rotatable bonds is 50. The van der Waals surface area contributed by atoms with E-state index in [0.717, 1.165) is 77.0 Å². The molecule has 0 aliphatic rings. The lowest BCUT2D eigenvalue weighted by Gasteiger charge is -2.22. The summed E-state index contributed by atoms with van der Waals surface area (Å²) in [4.78, 5) is 24.5. The van der Waals surface area contributed by atoms with Crippen LogP contribution in [0, 0.1) is 0 Å². The molecule has 0 saturated carbocycles. The molecular weight excluding hydrogens is 743 g/mol. The molecule has 6 heteroatoms. The van der Waals surface area contributed by atoms with Crippen molar-refractivity contribution in [2.75, 3.05) is 13.2 Å². The summed E-state index contributed by atoms with van der Waals surface area (Å²) in [5, 5.41) is 23.2. The van der Waals surface area contributed by atoms with Crippen LogP contribution in [0.2, 0.25) is 0 Å². The van der Waals surface area contributed by atoms with Crippen LogP contribution in [-0.2, 0) is 14.3 Å². The van der Waals surface area contributed by atoms with Gasteiger partial charge in [-0.15, -0.1) is 0 Å². The van der Waals surface area contributed by atoms with Crippen molar-refractivity contribution in [1.29, 1.82) is 0 Å². The van der Waals surface area contributed by atoms with Gasteiger partial charge in [0, 0.05) is 12.8 Å². The van der Waals surface area contributed by atoms with Crippen molar-refractivity contribution in [1.82, 2.24) is 5.32 Å². The Morgan fingerprint density at radius 2 is 0.783 bits per heavy atom. The number of esters is 1. The number of nitrogens with one attached hydrogen (secondary N) is 1. The van der Waals surface area contributed by atoms with Crippen molar-refractivity contribution in [3.8, 4) is 0 Å². The number of ether oxygens (including phenoxy) is 1. The Labute approximate surface area is 374 Å². The van der Waals surface area contributed by atoms with Gasteiger partial charge in [0.25, 0.3) is 0 Å². The minimum Gasteiger partial charge on any atom is -0.466 e. The van der Waals surface area contributed by atoms with Crippen LogP contribution in [0.25, 0.3) is 0 Å². The van der Waals surface area contributed by atoms with E-state index in [0.29, 0.717) is 25.9 Å². The van der Waals surface area contributed by atoms with Gasteiger partial charge in [0.05, 0.1) is 25.4 Å². The molecule has 0 aromatic heterocycles. The van der Waals surface area contributed by atoms with Gasteiger partial charge in [0.15, 0.2) is 0 Å². The summed E-state index contributed by atoms with van der Waals surface area (Å²) in [5.41, 5.74) is 0. The van der Waals surface area contributed by atoms with Crippen molar-refractivity contribution in [2.45, 2.75) is 309 Å². The fourth-order valence-electron chi connectivity index (χ4n) is 8.40. The third kappa shape index (κ3) is 46.1. The van der Waals surface area contributed by atoms with E-state index in [2.05, 4.69) is 31.3 Å². The van der Waals surface area contributed by atoms with E-state index in [1.54, 1.807) is 0 Å². The maximum Gasteiger partial charge on any atom is 0.305 e. The van der Waals surface area contributed by atoms with Crippen molar-refractivity contribution >= 4 is 11.9 Å². The smallest absolute Gasteiger partial charge is 0.305 e. The number of carbonyl (C=O) groups is 2. The third-order valence-electron chi connectivity index (χ3n) is 12.6. The minimum atomic E-state index is -0.681. The third-order valence-corrected chi connectivity index (χ3v) is 12.6. The van der Waals surface area contributed by atoms with Crippen LogP contribution in [0.4, 0.5) is 0 Å². The lowest BCUT2D eigenvalue weighted by atomic mass is 10.0. The summed E-state index contributed by atoms with van der Waals surface area (Å²) in [5.74, 6) is -0.0890. The Hall–Kier alpha value is -1.40. The van der Waals surface area contributed by atoms with E-state index in [1.165, 1.54) is 186 Å². The Balaban J connectivity index is 3.48. The summed E-state index contributed by atoms with van der Waals surface area (Å²) in [7, 11) is 0. The highest BCUT2D eigenvalue weighted by atomic mass is 16.5. The van der Waals surface area contributed by atoms with Gasteiger partial charge in [0.2, 0.25) is 5.91 Å². The van der Waals surface area contributed by atoms with Crippen LogP contribution in [0.15, 0.2) is 12.2 Å². The van der Waals surface area contributed by atoms with Gasteiger partial charge >= 0.3 is 5.97 Å². The second-order valence-electron chi connectivity index (χ2n) is 18.6. The first-order valence-corrected chi connectivity index (χ1v) is 26.9. The van der Waals surface area contributed by atoms with E-state index in [1.807, 2.05) is 0 Å². The van der Waals surface area contributed by atoms with Gasteiger partial charge in [-0.1, -0.05) is 244 Å². The number of amides is 1. The van der Waals surface area contributed by atoms with E-state index >= 15 is 0 Å². The Bertz CT molecular complexity index is 893. The van der Waals surface area contributed by atoms with Crippen molar-refractivity contribution in [3.63, 3.8) is 0 Å². The molecule has 0 aliphatic carbocycles. The van der Waals surface area contributed by atoms with Gasteiger partial charge in [-0.2, -0.15) is 0 Å². The molecule has 2 atom stereocenters. The van der Waals surface area contributed by atoms with E-state index in [-0.39, 0.29) is 18.5 Å². The van der Waals surface area contributed by atoms with Crippen molar-refractivity contribution < 1.29 is 24.5 Å². The highest BCUT2D eigenvalue weighted by Crippen LogP contribution is 2.17. The number of allylic oxidation sites excluding steroid dienone is 2. The molecule has 2 unspecified atom stereocenters. The number of carbonyl (C=O) groups excluding carboxylic acids is 2. The van der Waals surface area contributed by atoms with E-state index in [9.17, 15) is 19.8 Å². The first kappa shape index (κ1) is 58.6. The molecule has 0 radical (unpaired) electrons. The number of aliphatic hydroxyl groups is 2. The molecule has 3 N–H and O–H groups in total. The van der Waals surface area contributed by atoms with Crippen molar-refractivity contribution in [2.24, 2.45) is 0 Å². The van der Waals surface area contributed by atoms with Crippen LogP contribution >= 0.6 is 0 Å². The highest BCUT2D eigenvalue weighted by Gasteiger charge is 2.20. The van der Waals surface area contributed by atoms with Crippen LogP contribution < -0.4 is 5.32 Å². The molecule has 356 valence electrons. The van der Waals surface area contributed by atoms with Crippen LogP contribution in [0.3, 0.4) is 0 Å². The second kappa shape index (κ2) is 50.2. The van der Waals surface area contributed by atoms with Crippen LogP contribution in [-0.4, -0.2) is 47.4 Å². The molecule has 0 spiro atoms. The Morgan fingerprint density at radius 1 is 0.450 bits per heavy atom. The van der Waals surface area contributed by atoms with Crippen molar-refractivity contribution in [3.05, 3.63) is 12.2 Å². The minimum absolute atomic E-state index is 0.0268. The molecule has 0 aliphatic heterocycles. The average Bonchev–Trinajstić information content (AvgIpc) is 3.25. The van der Waals surface area contributed by atoms with Gasteiger partial charge in [-0.25, -0.2) is 0 Å². The topological polar surface area (TPSA) is 95.9 Å². The number of unbranched alkanes of at least 4 members (excludes halogenated alkanes) is 37. The normalized spacial score (nSPS) is 12.7. The zero-order chi connectivity index (χ0) is 43.7. The molecule has 0 heterocycles. The summed E-state index contributed by atoms with van der Waals surface area (Å²) in [6, 6.07) is -0.561. The zero-order valence-electron chi connectivity index (χ0n) is 40.5. The van der Waals surface area contributed by atoms with Gasteiger partial charge in [-0.05, 0) is 51.4 Å². The Kier molecular flexibility index (Phi) is 49.1. The number of hydrogen-bond acceptors (Lipinski definition) is 5. The fraction of sp³-hybridized carbons (Fsp3) is 0.926. The maximum absolute atomic E-state index is 12.4. The van der Waals surface area contributed by atoms with E-state index < -0.39 is 12.1 Å². The zero-order valence-corrected chi connectivity index (χ0v) is 40.5. The lowest BCUT2D eigenvalue weighted by Crippen LogP contribution is -2.45. The fourth-order valence-corrected chi connectivity index (χ4v) is 8.40. The predicted octanol–water partition coefficient (Wildman–Crippen LogP) is 16.1. The quantitative estimate of drug-likeness (QED) is 0.0322. The van der Waals surface area contributed by atoms with E-state index in [4.69, 9.17) is 4.74 Å². The standard InChI is InChI=1S/C54H105NO5/c1-3-5-7-9-11-13-15-17-19-20-22-24-28-32-36-40-44-48-54(59)60-49-45-41-37-33-29-25-27-31-35-39-43-47-53(58)55-51(50-56)52(57)46-42-38-34-30-26-23-21-18-16-14-12-10-8-6-4-2/h29,33,51-52,56-57H,3-28,30-32,34-50H2,1-2H3,(H,55,58)/b33-29-. The molecule has 0 aromatic carbocycles. The molecule has 0 bridgehead atoms. The predicted molar refractivity (Wildman–Crippen MR) is 260 cm³/mol. The molecular formula is C54H105NO5. The number of aliphatic hydroxyl groups excluding tert-OH is 2. The summed E-state index contributed by atoms with van der Waals surface area (Å²) < 4.78 is 5.45. The van der Waals surface area contributed by atoms with Gasteiger partial charge < -0.3 is 20.3 Å². The Morgan fingerprint density at radius 3 is 1.18 bits per heavy atom. The molecule has 60 heavy (non-hydrogen) atoms. The molecule has 6 nitrogen and oxygen atoms in total. The van der Waals surface area contributed by atoms with Crippen LogP contribution in [0.1, 0.15) is 296 Å². The maximum atomic E-state index is 12.4. The SMILES string of the molecule is CCCCCCCCCCCCCCCCCCCC(=O)OCCCC/C=C\CCCCCCCC(=O)NC(CO)C(O)CCCCCCCCCCCCCCCCC. The molecule has 0 fully saturated rings. The molecule has 0 aromatic rings. The number of hydrogen-bond donors (Lipinski definition) is 3. The molecule has 0 saturated heterocycles. The average molecular weight is 848 g/mol. The first-order valence-electron chi connectivity index (χ1n) is 26.9. The summed E-state index contributed by atoms with van der Waals surface area (Å²) >= 11 is 0.